The maximum Gasteiger partial charge on any atom is 0.0767 e. The third-order valence-corrected chi connectivity index (χ3v) is 2.49. The van der Waals surface area contributed by atoms with Gasteiger partial charge in [0.05, 0.1) is 12.2 Å². The predicted octanol–water partition coefficient (Wildman–Crippen LogP) is 2.50. The van der Waals surface area contributed by atoms with Gasteiger partial charge in [-0.1, -0.05) is 22.0 Å². The van der Waals surface area contributed by atoms with Crippen molar-refractivity contribution >= 4 is 15.9 Å². The zero-order valence-electron chi connectivity index (χ0n) is 6.22. The number of hydrogen-bond acceptors (Lipinski definition) is 1. The number of hydrogen-bond donors (Lipinski definition) is 0. The van der Waals surface area contributed by atoms with Crippen molar-refractivity contribution in [2.24, 2.45) is 0 Å². The first-order valence-electron chi connectivity index (χ1n) is 3.64. The predicted molar refractivity (Wildman–Crippen MR) is 46.5 cm³/mol. The molecular formula is C8H13BrO. The monoisotopic (exact) mass is 204 g/mol. The highest BCUT2D eigenvalue weighted by Crippen LogP contribution is 2.24. The first kappa shape index (κ1) is 8.28. The van der Waals surface area contributed by atoms with Crippen LogP contribution in [-0.2, 0) is 4.74 Å². The van der Waals surface area contributed by atoms with Gasteiger partial charge in [-0.3, -0.25) is 0 Å². The number of ether oxygens (including phenoxy) is 1. The molecule has 1 heterocycles. The summed E-state index contributed by atoms with van der Waals surface area (Å²) in [6.07, 6.45) is 4.69. The molecule has 0 aromatic carbocycles. The molecule has 0 aliphatic carbocycles. The molecule has 2 heteroatoms. The van der Waals surface area contributed by atoms with Crippen LogP contribution in [0.25, 0.3) is 0 Å². The number of rotatable bonds is 1. The van der Waals surface area contributed by atoms with Crippen molar-refractivity contribution in [2.75, 3.05) is 0 Å². The van der Waals surface area contributed by atoms with Crippen molar-refractivity contribution in [1.82, 2.24) is 0 Å². The van der Waals surface area contributed by atoms with E-state index in [0.29, 0.717) is 10.9 Å². The van der Waals surface area contributed by atoms with Crippen LogP contribution in [0.15, 0.2) is 12.7 Å². The van der Waals surface area contributed by atoms with Gasteiger partial charge >= 0.3 is 0 Å². The van der Waals surface area contributed by atoms with E-state index in [-0.39, 0.29) is 6.10 Å². The van der Waals surface area contributed by atoms with E-state index < -0.39 is 0 Å². The highest BCUT2D eigenvalue weighted by atomic mass is 79.9. The molecule has 0 bridgehead atoms. The Kier molecular flexibility index (Phi) is 2.93. The van der Waals surface area contributed by atoms with Crippen molar-refractivity contribution in [2.45, 2.75) is 36.8 Å². The summed E-state index contributed by atoms with van der Waals surface area (Å²) in [6.45, 7) is 5.81. The molecule has 10 heavy (non-hydrogen) atoms. The van der Waals surface area contributed by atoms with Crippen LogP contribution >= 0.6 is 15.9 Å². The second-order valence-corrected chi connectivity index (χ2v) is 4.08. The van der Waals surface area contributed by atoms with Gasteiger partial charge in [-0.15, -0.1) is 6.58 Å². The summed E-state index contributed by atoms with van der Waals surface area (Å²) in [5.41, 5.74) is 0. The molecule has 0 amide bonds. The summed E-state index contributed by atoms with van der Waals surface area (Å²) in [4.78, 5) is 0.610. The minimum absolute atomic E-state index is 0.258. The van der Waals surface area contributed by atoms with E-state index in [1.165, 1.54) is 0 Å². The zero-order chi connectivity index (χ0) is 7.56. The van der Waals surface area contributed by atoms with E-state index in [2.05, 4.69) is 29.4 Å². The Morgan fingerprint density at radius 2 is 2.30 bits per heavy atom. The van der Waals surface area contributed by atoms with E-state index in [1.54, 1.807) is 0 Å². The van der Waals surface area contributed by atoms with E-state index in [9.17, 15) is 0 Å². The van der Waals surface area contributed by atoms with E-state index in [1.807, 2.05) is 6.08 Å². The third-order valence-electron chi connectivity index (χ3n) is 1.75. The van der Waals surface area contributed by atoms with Gasteiger partial charge in [0.25, 0.3) is 0 Å². The normalized spacial score (nSPS) is 41.2. The van der Waals surface area contributed by atoms with E-state index >= 15 is 0 Å². The van der Waals surface area contributed by atoms with Crippen LogP contribution in [0.3, 0.4) is 0 Å². The van der Waals surface area contributed by atoms with Crippen LogP contribution in [0.2, 0.25) is 0 Å². The van der Waals surface area contributed by atoms with E-state index in [4.69, 9.17) is 4.74 Å². The number of halogens is 1. The first-order chi connectivity index (χ1) is 4.72. The lowest BCUT2D eigenvalue weighted by Crippen LogP contribution is -2.29. The summed E-state index contributed by atoms with van der Waals surface area (Å²) < 4.78 is 5.56. The Labute approximate surface area is 70.6 Å². The van der Waals surface area contributed by atoms with Crippen molar-refractivity contribution in [1.29, 1.82) is 0 Å². The summed E-state index contributed by atoms with van der Waals surface area (Å²) in [5.74, 6) is 0. The third kappa shape index (κ3) is 2.10. The topological polar surface area (TPSA) is 9.23 Å². The van der Waals surface area contributed by atoms with Crippen LogP contribution in [0.1, 0.15) is 19.8 Å². The van der Waals surface area contributed by atoms with Gasteiger partial charge in [0.15, 0.2) is 0 Å². The van der Waals surface area contributed by atoms with E-state index in [0.717, 1.165) is 12.8 Å². The molecule has 1 aliphatic heterocycles. The molecule has 1 saturated heterocycles. The Balaban J connectivity index is 2.42. The first-order valence-corrected chi connectivity index (χ1v) is 4.56. The zero-order valence-corrected chi connectivity index (χ0v) is 7.80. The Hall–Kier alpha value is 0.180. The smallest absolute Gasteiger partial charge is 0.0767 e. The molecule has 1 fully saturated rings. The molecule has 0 radical (unpaired) electrons. The lowest BCUT2D eigenvalue weighted by atomic mass is 10.1. The fourth-order valence-electron chi connectivity index (χ4n) is 1.27. The average Bonchev–Trinajstić information content (AvgIpc) is 1.85. The minimum Gasteiger partial charge on any atom is -0.371 e. The molecule has 0 spiro atoms. The second kappa shape index (κ2) is 3.54. The van der Waals surface area contributed by atoms with Gasteiger partial charge in [-0.2, -0.15) is 0 Å². The van der Waals surface area contributed by atoms with Gasteiger partial charge in [-0.05, 0) is 19.8 Å². The quantitative estimate of drug-likeness (QED) is 0.472. The minimum atomic E-state index is 0.258. The number of alkyl halides is 1. The Morgan fingerprint density at radius 1 is 1.60 bits per heavy atom. The fourth-order valence-corrected chi connectivity index (χ4v) is 2.16. The molecule has 0 N–H and O–H groups in total. The Bertz CT molecular complexity index is 114. The molecule has 58 valence electrons. The Morgan fingerprint density at radius 3 is 2.80 bits per heavy atom. The molecule has 0 aromatic rings. The standard InChI is InChI=1S/C8H13BrO/c1-3-8-5-7(9)4-6(2)10-8/h3,6-8H,1,4-5H2,2H3/t6-,7+,8+/m1/s1. The second-order valence-electron chi connectivity index (χ2n) is 2.79. The maximum atomic E-state index is 5.56. The molecule has 0 saturated carbocycles. The fraction of sp³-hybridized carbons (Fsp3) is 0.750. The largest absolute Gasteiger partial charge is 0.371 e. The van der Waals surface area contributed by atoms with Crippen LogP contribution in [-0.4, -0.2) is 17.0 Å². The lowest BCUT2D eigenvalue weighted by Gasteiger charge is -2.29. The van der Waals surface area contributed by atoms with Gasteiger partial charge < -0.3 is 4.74 Å². The van der Waals surface area contributed by atoms with Crippen LogP contribution in [0.4, 0.5) is 0 Å². The highest BCUT2D eigenvalue weighted by Gasteiger charge is 2.22. The van der Waals surface area contributed by atoms with Gasteiger partial charge in [0, 0.05) is 4.83 Å². The molecule has 0 unspecified atom stereocenters. The highest BCUT2D eigenvalue weighted by molar-refractivity contribution is 9.09. The van der Waals surface area contributed by atoms with Crippen molar-refractivity contribution < 1.29 is 4.74 Å². The summed E-state index contributed by atoms with van der Waals surface area (Å²) in [6, 6.07) is 0. The van der Waals surface area contributed by atoms with Crippen molar-refractivity contribution in [3.63, 3.8) is 0 Å². The van der Waals surface area contributed by atoms with Crippen molar-refractivity contribution in [3.8, 4) is 0 Å². The molecule has 1 nitrogen and oxygen atoms in total. The van der Waals surface area contributed by atoms with Crippen LogP contribution in [0, 0.1) is 0 Å². The van der Waals surface area contributed by atoms with Crippen LogP contribution in [0.5, 0.6) is 0 Å². The van der Waals surface area contributed by atoms with Gasteiger partial charge in [0.2, 0.25) is 0 Å². The summed E-state index contributed by atoms with van der Waals surface area (Å²) >= 11 is 3.58. The van der Waals surface area contributed by atoms with Crippen molar-refractivity contribution in [3.05, 3.63) is 12.7 Å². The maximum absolute atomic E-state index is 5.56. The molecule has 3 atom stereocenters. The van der Waals surface area contributed by atoms with Gasteiger partial charge in [-0.25, -0.2) is 0 Å². The summed E-state index contributed by atoms with van der Waals surface area (Å²) in [7, 11) is 0. The molecule has 1 rings (SSSR count). The average molecular weight is 205 g/mol. The SMILES string of the molecule is C=C[C@H]1C[C@@H](Br)C[C@@H](C)O1. The van der Waals surface area contributed by atoms with Crippen LogP contribution < -0.4 is 0 Å². The molecular weight excluding hydrogens is 192 g/mol. The molecule has 1 aliphatic rings. The van der Waals surface area contributed by atoms with Gasteiger partial charge in [0.1, 0.15) is 0 Å². The summed E-state index contributed by atoms with van der Waals surface area (Å²) in [5, 5.41) is 0. The lowest BCUT2D eigenvalue weighted by molar-refractivity contribution is -0.0102. The molecule has 0 aromatic heterocycles.